The summed E-state index contributed by atoms with van der Waals surface area (Å²) in [5.41, 5.74) is -0.940. The molecule has 1 saturated carbocycles. The first kappa shape index (κ1) is 9.52. The molecule has 2 N–H and O–H groups in total. The van der Waals surface area contributed by atoms with Crippen LogP contribution in [-0.2, 0) is 4.79 Å². The Hall–Kier alpha value is -0.570. The highest BCUT2D eigenvalue weighted by atomic mass is 16.4. The summed E-state index contributed by atoms with van der Waals surface area (Å²) >= 11 is 0. The molecule has 0 radical (unpaired) electrons. The Balaban J connectivity index is 2.62. The molecule has 0 heterocycles. The van der Waals surface area contributed by atoms with Crippen molar-refractivity contribution in [3.05, 3.63) is 0 Å². The highest BCUT2D eigenvalue weighted by Crippen LogP contribution is 2.34. The predicted octanol–water partition coefficient (Wildman–Crippen LogP) is 1.40. The third-order valence-electron chi connectivity index (χ3n) is 2.90. The zero-order valence-electron chi connectivity index (χ0n) is 7.42. The van der Waals surface area contributed by atoms with E-state index in [9.17, 15) is 9.90 Å². The van der Waals surface area contributed by atoms with Gasteiger partial charge in [-0.25, -0.2) is 0 Å². The van der Waals surface area contributed by atoms with Gasteiger partial charge in [0.05, 0.1) is 11.5 Å². The lowest BCUT2D eigenvalue weighted by Gasteiger charge is -2.35. The number of hydrogen-bond acceptors (Lipinski definition) is 2. The van der Waals surface area contributed by atoms with E-state index < -0.39 is 17.5 Å². The van der Waals surface area contributed by atoms with E-state index in [0.717, 1.165) is 19.3 Å². The average Bonchev–Trinajstić information content (AvgIpc) is 2.04. The fraction of sp³-hybridized carbons (Fsp3) is 0.889. The Morgan fingerprint density at radius 2 is 1.83 bits per heavy atom. The average molecular weight is 172 g/mol. The van der Waals surface area contributed by atoms with Crippen molar-refractivity contribution in [3.8, 4) is 0 Å². The van der Waals surface area contributed by atoms with E-state index in [1.165, 1.54) is 0 Å². The molecule has 1 aliphatic carbocycles. The molecule has 0 bridgehead atoms. The summed E-state index contributed by atoms with van der Waals surface area (Å²) in [5, 5.41) is 18.7. The van der Waals surface area contributed by atoms with Crippen LogP contribution in [0.1, 0.15) is 39.0 Å². The molecule has 1 aliphatic rings. The molecule has 0 aromatic carbocycles. The maximum Gasteiger partial charge on any atom is 0.309 e. The quantitative estimate of drug-likeness (QED) is 0.662. The molecule has 1 unspecified atom stereocenters. The van der Waals surface area contributed by atoms with Gasteiger partial charge in [-0.15, -0.1) is 0 Å². The molecule has 70 valence electrons. The maximum atomic E-state index is 10.6. The van der Waals surface area contributed by atoms with E-state index in [1.807, 2.05) is 0 Å². The van der Waals surface area contributed by atoms with Crippen molar-refractivity contribution in [1.82, 2.24) is 0 Å². The number of carboxylic acids is 1. The van der Waals surface area contributed by atoms with Crippen LogP contribution in [0.25, 0.3) is 0 Å². The molecule has 12 heavy (non-hydrogen) atoms. The minimum absolute atomic E-state index is 0.627. The summed E-state index contributed by atoms with van der Waals surface area (Å²) < 4.78 is 0. The van der Waals surface area contributed by atoms with Crippen molar-refractivity contribution >= 4 is 5.97 Å². The Labute approximate surface area is 72.4 Å². The number of carboxylic acid groups (broad SMARTS) is 1. The molecule has 1 fully saturated rings. The zero-order chi connectivity index (χ0) is 9.19. The van der Waals surface area contributed by atoms with Crippen molar-refractivity contribution in [3.63, 3.8) is 0 Å². The first-order chi connectivity index (χ1) is 5.56. The number of aliphatic carboxylic acids is 1. The van der Waals surface area contributed by atoms with Crippen LogP contribution in [0.3, 0.4) is 0 Å². The van der Waals surface area contributed by atoms with Crippen molar-refractivity contribution in [1.29, 1.82) is 0 Å². The molecule has 3 nitrogen and oxygen atoms in total. The van der Waals surface area contributed by atoms with E-state index in [2.05, 4.69) is 0 Å². The number of aliphatic hydroxyl groups is 1. The normalized spacial score (nSPS) is 24.8. The third-order valence-corrected chi connectivity index (χ3v) is 2.90. The molecular weight excluding hydrogens is 156 g/mol. The molecule has 0 aromatic rings. The Morgan fingerprint density at radius 3 is 2.25 bits per heavy atom. The fourth-order valence-electron chi connectivity index (χ4n) is 1.83. The monoisotopic (exact) mass is 172 g/mol. The van der Waals surface area contributed by atoms with Crippen molar-refractivity contribution in [2.75, 3.05) is 0 Å². The van der Waals surface area contributed by atoms with E-state index in [4.69, 9.17) is 5.11 Å². The first-order valence-corrected chi connectivity index (χ1v) is 4.51. The lowest BCUT2D eigenvalue weighted by atomic mass is 9.76. The first-order valence-electron chi connectivity index (χ1n) is 4.51. The smallest absolute Gasteiger partial charge is 0.309 e. The third kappa shape index (κ3) is 1.78. The van der Waals surface area contributed by atoms with Crippen LogP contribution in [0.4, 0.5) is 0 Å². The van der Waals surface area contributed by atoms with Gasteiger partial charge in [0, 0.05) is 0 Å². The van der Waals surface area contributed by atoms with Gasteiger partial charge in [-0.05, 0) is 19.8 Å². The minimum atomic E-state index is -0.940. The summed E-state index contributed by atoms with van der Waals surface area (Å²) in [6.07, 6.45) is 4.30. The number of rotatable bonds is 2. The van der Waals surface area contributed by atoms with Gasteiger partial charge in [0.25, 0.3) is 0 Å². The Kier molecular flexibility index (Phi) is 2.73. The van der Waals surface area contributed by atoms with Gasteiger partial charge in [0.1, 0.15) is 0 Å². The molecule has 1 atom stereocenters. The molecular formula is C9H16O3. The molecule has 0 aliphatic heterocycles. The molecule has 0 saturated heterocycles. The highest BCUT2D eigenvalue weighted by Gasteiger charge is 2.38. The van der Waals surface area contributed by atoms with Gasteiger partial charge in [-0.3, -0.25) is 4.79 Å². The lowest BCUT2D eigenvalue weighted by molar-refractivity contribution is -0.153. The second kappa shape index (κ2) is 3.44. The summed E-state index contributed by atoms with van der Waals surface area (Å²) in [6, 6.07) is 0. The summed E-state index contributed by atoms with van der Waals surface area (Å²) in [7, 11) is 0. The van der Waals surface area contributed by atoms with Crippen LogP contribution < -0.4 is 0 Å². The lowest BCUT2D eigenvalue weighted by Crippen LogP contribution is -2.42. The molecule has 0 spiro atoms. The van der Waals surface area contributed by atoms with Crippen molar-refractivity contribution < 1.29 is 15.0 Å². The predicted molar refractivity (Wildman–Crippen MR) is 44.8 cm³/mol. The van der Waals surface area contributed by atoms with Crippen LogP contribution in [0, 0.1) is 5.92 Å². The standard InChI is InChI=1S/C9H16O3/c1-7(8(10)11)9(12)5-3-2-4-6-9/h7,12H,2-6H2,1H3,(H,10,11). The largest absolute Gasteiger partial charge is 0.481 e. The summed E-state index contributed by atoms with van der Waals surface area (Å²) in [6.45, 7) is 1.59. The van der Waals surface area contributed by atoms with Crippen molar-refractivity contribution in [2.24, 2.45) is 5.92 Å². The van der Waals surface area contributed by atoms with Crippen LogP contribution in [0.15, 0.2) is 0 Å². The zero-order valence-corrected chi connectivity index (χ0v) is 7.42. The van der Waals surface area contributed by atoms with Gasteiger partial charge in [-0.1, -0.05) is 19.3 Å². The second-order valence-corrected chi connectivity index (χ2v) is 3.72. The van der Waals surface area contributed by atoms with E-state index in [0.29, 0.717) is 12.8 Å². The van der Waals surface area contributed by atoms with Gasteiger partial charge < -0.3 is 10.2 Å². The number of hydrogen-bond donors (Lipinski definition) is 2. The maximum absolute atomic E-state index is 10.6. The second-order valence-electron chi connectivity index (χ2n) is 3.72. The van der Waals surface area contributed by atoms with E-state index >= 15 is 0 Å². The molecule has 1 rings (SSSR count). The van der Waals surface area contributed by atoms with Crippen LogP contribution in [-0.4, -0.2) is 21.8 Å². The van der Waals surface area contributed by atoms with Crippen LogP contribution in [0.5, 0.6) is 0 Å². The van der Waals surface area contributed by atoms with E-state index in [-0.39, 0.29) is 0 Å². The number of carbonyl (C=O) groups is 1. The minimum Gasteiger partial charge on any atom is -0.481 e. The van der Waals surface area contributed by atoms with Crippen molar-refractivity contribution in [2.45, 2.75) is 44.6 Å². The Bertz CT molecular complexity index is 171. The fourth-order valence-corrected chi connectivity index (χ4v) is 1.83. The van der Waals surface area contributed by atoms with Crippen LogP contribution >= 0.6 is 0 Å². The summed E-state index contributed by atoms with van der Waals surface area (Å²) in [5.74, 6) is -1.52. The SMILES string of the molecule is CC(C(=O)O)C1(O)CCCCC1. The van der Waals surface area contributed by atoms with Gasteiger partial charge in [0.15, 0.2) is 0 Å². The summed E-state index contributed by atoms with van der Waals surface area (Å²) in [4.78, 5) is 10.6. The highest BCUT2D eigenvalue weighted by molar-refractivity contribution is 5.71. The molecule has 0 amide bonds. The van der Waals surface area contributed by atoms with Gasteiger partial charge in [0.2, 0.25) is 0 Å². The molecule has 3 heteroatoms. The van der Waals surface area contributed by atoms with Gasteiger partial charge >= 0.3 is 5.97 Å². The van der Waals surface area contributed by atoms with Gasteiger partial charge in [-0.2, -0.15) is 0 Å². The molecule has 0 aromatic heterocycles. The Morgan fingerprint density at radius 1 is 1.33 bits per heavy atom. The topological polar surface area (TPSA) is 57.5 Å². The van der Waals surface area contributed by atoms with E-state index in [1.54, 1.807) is 6.92 Å². The van der Waals surface area contributed by atoms with Crippen LogP contribution in [0.2, 0.25) is 0 Å².